The van der Waals surface area contributed by atoms with Gasteiger partial charge in [0.05, 0.1) is 15.9 Å². The highest BCUT2D eigenvalue weighted by Crippen LogP contribution is 2.24. The Morgan fingerprint density at radius 3 is 2.81 bits per heavy atom. The van der Waals surface area contributed by atoms with Gasteiger partial charge in [0, 0.05) is 12.1 Å². The van der Waals surface area contributed by atoms with E-state index >= 15 is 0 Å². The van der Waals surface area contributed by atoms with E-state index in [1.54, 1.807) is 12.1 Å². The summed E-state index contributed by atoms with van der Waals surface area (Å²) in [5.41, 5.74) is 8.20. The maximum Gasteiger partial charge on any atom is 0.131 e. The quantitative estimate of drug-likeness (QED) is 0.620. The molecule has 1 heterocycles. The highest BCUT2D eigenvalue weighted by molar-refractivity contribution is 9.10. The molecule has 1 aromatic heterocycles. The Balaban J connectivity index is 2.18. The van der Waals surface area contributed by atoms with Crippen LogP contribution in [0.1, 0.15) is 30.8 Å². The van der Waals surface area contributed by atoms with Gasteiger partial charge in [-0.2, -0.15) is 5.10 Å². The van der Waals surface area contributed by atoms with Crippen LogP contribution in [0.2, 0.25) is 0 Å². The van der Waals surface area contributed by atoms with E-state index in [1.165, 1.54) is 0 Å². The summed E-state index contributed by atoms with van der Waals surface area (Å²) in [4.78, 5) is 0. The third-order valence-electron chi connectivity index (χ3n) is 3.21. The topological polar surface area (TPSA) is 76.9 Å². The molecule has 0 saturated carbocycles. The molecule has 0 aliphatic carbocycles. The van der Waals surface area contributed by atoms with Crippen molar-refractivity contribution in [3.8, 4) is 5.75 Å². The van der Waals surface area contributed by atoms with Crippen LogP contribution in [0.3, 0.4) is 0 Å². The Bertz CT molecular complexity index is 651. The SMILES string of the molecule is CCc1nn(CC)c(COc2cccc(C(=N)N)c2)c1Br. The minimum Gasteiger partial charge on any atom is -0.487 e. The Hall–Kier alpha value is -1.82. The fraction of sp³-hybridized carbons (Fsp3) is 0.333. The molecule has 1 aromatic carbocycles. The highest BCUT2D eigenvalue weighted by atomic mass is 79.9. The van der Waals surface area contributed by atoms with Crippen LogP contribution in [0, 0.1) is 5.41 Å². The minimum atomic E-state index is 0.0356. The van der Waals surface area contributed by atoms with Crippen LogP contribution < -0.4 is 10.5 Å². The lowest BCUT2D eigenvalue weighted by Gasteiger charge is -2.09. The number of benzene rings is 1. The fourth-order valence-corrected chi connectivity index (χ4v) is 2.74. The molecule has 2 aromatic rings. The van der Waals surface area contributed by atoms with E-state index < -0.39 is 0 Å². The molecule has 0 aliphatic rings. The number of halogens is 1. The average molecular weight is 351 g/mol. The molecule has 0 saturated heterocycles. The summed E-state index contributed by atoms with van der Waals surface area (Å²) in [5.74, 6) is 0.727. The summed E-state index contributed by atoms with van der Waals surface area (Å²) in [6, 6.07) is 7.24. The number of nitrogens with one attached hydrogen (secondary N) is 1. The summed E-state index contributed by atoms with van der Waals surface area (Å²) in [6.07, 6.45) is 0.875. The van der Waals surface area contributed by atoms with E-state index in [0.717, 1.165) is 28.8 Å². The Morgan fingerprint density at radius 2 is 2.19 bits per heavy atom. The highest BCUT2D eigenvalue weighted by Gasteiger charge is 2.14. The zero-order valence-corrected chi connectivity index (χ0v) is 13.8. The molecule has 0 radical (unpaired) electrons. The molecule has 5 nitrogen and oxygen atoms in total. The second-order valence-corrected chi connectivity index (χ2v) is 5.40. The first kappa shape index (κ1) is 15.6. The van der Waals surface area contributed by atoms with Gasteiger partial charge in [-0.15, -0.1) is 0 Å². The first-order valence-corrected chi connectivity index (χ1v) is 7.67. The van der Waals surface area contributed by atoms with Crippen LogP contribution in [-0.2, 0) is 19.6 Å². The molecule has 0 atom stereocenters. The van der Waals surface area contributed by atoms with Gasteiger partial charge in [0.25, 0.3) is 0 Å². The van der Waals surface area contributed by atoms with Crippen molar-refractivity contribution in [2.24, 2.45) is 5.73 Å². The fourth-order valence-electron chi connectivity index (χ4n) is 2.06. The van der Waals surface area contributed by atoms with Crippen molar-refractivity contribution in [1.82, 2.24) is 9.78 Å². The van der Waals surface area contributed by atoms with E-state index in [2.05, 4.69) is 34.9 Å². The standard InChI is InChI=1S/C15H19BrN4O/c1-3-12-14(16)13(20(4-2)19-12)9-21-11-7-5-6-10(8-11)15(17)18/h5-8H,3-4,9H2,1-2H3,(H3,17,18). The molecule has 0 unspecified atom stereocenters. The second kappa shape index (κ2) is 6.76. The van der Waals surface area contributed by atoms with Crippen LogP contribution >= 0.6 is 15.9 Å². The summed E-state index contributed by atoms with van der Waals surface area (Å²) in [6.45, 7) is 5.35. The van der Waals surface area contributed by atoms with E-state index in [1.807, 2.05) is 16.8 Å². The zero-order valence-electron chi connectivity index (χ0n) is 12.2. The van der Waals surface area contributed by atoms with Crippen molar-refractivity contribution in [2.75, 3.05) is 0 Å². The van der Waals surface area contributed by atoms with Crippen molar-refractivity contribution in [1.29, 1.82) is 5.41 Å². The molecule has 0 spiro atoms. The average Bonchev–Trinajstić information content (AvgIpc) is 2.81. The number of amidine groups is 1. The number of aromatic nitrogens is 2. The van der Waals surface area contributed by atoms with Crippen molar-refractivity contribution < 1.29 is 4.74 Å². The second-order valence-electron chi connectivity index (χ2n) is 4.61. The summed E-state index contributed by atoms with van der Waals surface area (Å²) >= 11 is 3.60. The summed E-state index contributed by atoms with van der Waals surface area (Å²) in [5, 5.41) is 12.0. The lowest BCUT2D eigenvalue weighted by atomic mass is 10.2. The number of nitrogens with zero attached hydrogens (tertiary/aromatic N) is 2. The maximum absolute atomic E-state index is 7.46. The van der Waals surface area contributed by atoms with Crippen LogP contribution in [0.15, 0.2) is 28.7 Å². The van der Waals surface area contributed by atoms with Crippen molar-refractivity contribution in [3.05, 3.63) is 45.7 Å². The van der Waals surface area contributed by atoms with Crippen molar-refractivity contribution in [3.63, 3.8) is 0 Å². The van der Waals surface area contributed by atoms with Gasteiger partial charge in [0.15, 0.2) is 0 Å². The molecule has 112 valence electrons. The first-order valence-electron chi connectivity index (χ1n) is 6.88. The molecule has 0 fully saturated rings. The Kier molecular flexibility index (Phi) is 5.01. The van der Waals surface area contributed by atoms with Crippen molar-refractivity contribution in [2.45, 2.75) is 33.4 Å². The Labute approximate surface area is 132 Å². The molecule has 21 heavy (non-hydrogen) atoms. The van der Waals surface area contributed by atoms with E-state index in [0.29, 0.717) is 17.9 Å². The molecular formula is C15H19BrN4O. The summed E-state index contributed by atoms with van der Waals surface area (Å²) < 4.78 is 8.77. The predicted octanol–water partition coefficient (Wildman–Crippen LogP) is 3.09. The molecule has 0 amide bonds. The number of nitrogens with two attached hydrogens (primary N) is 1. The lowest BCUT2D eigenvalue weighted by molar-refractivity contribution is 0.291. The van der Waals surface area contributed by atoms with Crippen LogP contribution in [0.5, 0.6) is 5.75 Å². The van der Waals surface area contributed by atoms with Gasteiger partial charge in [-0.05, 0) is 41.4 Å². The largest absolute Gasteiger partial charge is 0.487 e. The normalized spacial score (nSPS) is 10.6. The minimum absolute atomic E-state index is 0.0356. The third kappa shape index (κ3) is 3.44. The van der Waals surface area contributed by atoms with Crippen LogP contribution in [0.4, 0.5) is 0 Å². The van der Waals surface area contributed by atoms with Crippen molar-refractivity contribution >= 4 is 21.8 Å². The van der Waals surface area contributed by atoms with E-state index in [-0.39, 0.29) is 5.84 Å². The number of ether oxygens (including phenoxy) is 1. The Morgan fingerprint density at radius 1 is 1.43 bits per heavy atom. The zero-order chi connectivity index (χ0) is 15.4. The number of nitrogen functional groups attached to an aromatic ring is 1. The van der Waals surface area contributed by atoms with Gasteiger partial charge in [0.1, 0.15) is 18.2 Å². The molecule has 6 heteroatoms. The third-order valence-corrected chi connectivity index (χ3v) is 4.13. The van der Waals surface area contributed by atoms with Gasteiger partial charge in [-0.3, -0.25) is 10.1 Å². The van der Waals surface area contributed by atoms with Crippen LogP contribution in [0.25, 0.3) is 0 Å². The van der Waals surface area contributed by atoms with E-state index in [4.69, 9.17) is 15.9 Å². The first-order chi connectivity index (χ1) is 10.1. The van der Waals surface area contributed by atoms with Gasteiger partial charge in [-0.1, -0.05) is 19.1 Å². The number of aryl methyl sites for hydroxylation is 2. The smallest absolute Gasteiger partial charge is 0.131 e. The lowest BCUT2D eigenvalue weighted by Crippen LogP contribution is -2.11. The number of hydrogen-bond donors (Lipinski definition) is 2. The maximum atomic E-state index is 7.46. The van der Waals surface area contributed by atoms with Gasteiger partial charge in [-0.25, -0.2) is 0 Å². The number of rotatable bonds is 6. The molecule has 3 N–H and O–H groups in total. The molecular weight excluding hydrogens is 332 g/mol. The van der Waals surface area contributed by atoms with Crippen LogP contribution in [-0.4, -0.2) is 15.6 Å². The monoisotopic (exact) mass is 350 g/mol. The summed E-state index contributed by atoms with van der Waals surface area (Å²) in [7, 11) is 0. The molecule has 0 bridgehead atoms. The van der Waals surface area contributed by atoms with Gasteiger partial charge < -0.3 is 10.5 Å². The molecule has 0 aliphatic heterocycles. The van der Waals surface area contributed by atoms with E-state index in [9.17, 15) is 0 Å². The number of hydrogen-bond acceptors (Lipinski definition) is 3. The van der Waals surface area contributed by atoms with Gasteiger partial charge >= 0.3 is 0 Å². The molecule has 2 rings (SSSR count). The van der Waals surface area contributed by atoms with Gasteiger partial charge in [0.2, 0.25) is 0 Å². The predicted molar refractivity (Wildman–Crippen MR) is 86.8 cm³/mol.